The van der Waals surface area contributed by atoms with Crippen molar-refractivity contribution in [3.05, 3.63) is 10.6 Å². The molecule has 0 spiro atoms. The van der Waals surface area contributed by atoms with Crippen LogP contribution < -0.4 is 5.43 Å². The Morgan fingerprint density at radius 3 is 2.58 bits per heavy atom. The van der Waals surface area contributed by atoms with Crippen LogP contribution in [0.15, 0.2) is 10.6 Å². The number of hydrazine groups is 1. The fraction of sp³-hybridized carbons (Fsp3) is 0.750. The highest BCUT2D eigenvalue weighted by atomic mass is 35.5. The molecule has 0 aliphatic carbocycles. The van der Waals surface area contributed by atoms with E-state index in [0.29, 0.717) is 11.6 Å². The number of hydrogen-bond acceptors (Lipinski definition) is 2. The summed E-state index contributed by atoms with van der Waals surface area (Å²) in [5, 5.41) is 2.86. The monoisotopic (exact) mass is 208 g/mol. The zero-order chi connectivity index (χ0) is 8.81. The van der Waals surface area contributed by atoms with Crippen LogP contribution in [0.1, 0.15) is 19.3 Å². The van der Waals surface area contributed by atoms with Crippen LogP contribution in [-0.2, 0) is 0 Å². The molecule has 0 unspecified atom stereocenters. The highest BCUT2D eigenvalue weighted by Gasteiger charge is 2.08. The Bertz CT molecular complexity index is 153. The summed E-state index contributed by atoms with van der Waals surface area (Å²) in [5.74, 6) is 0. The zero-order valence-electron chi connectivity index (χ0n) is 7.02. The Kier molecular flexibility index (Phi) is 5.00. The maximum absolute atomic E-state index is 5.72. The van der Waals surface area contributed by atoms with Crippen molar-refractivity contribution in [3.63, 3.8) is 0 Å². The molecule has 1 N–H and O–H groups in total. The first-order valence-corrected chi connectivity index (χ1v) is 5.07. The summed E-state index contributed by atoms with van der Waals surface area (Å²) < 4.78 is 0. The third kappa shape index (κ3) is 3.76. The Labute approximate surface area is 83.5 Å². The molecule has 0 amide bonds. The van der Waals surface area contributed by atoms with Crippen LogP contribution in [0.4, 0.5) is 0 Å². The number of halogens is 2. The summed E-state index contributed by atoms with van der Waals surface area (Å²) in [7, 11) is 0. The summed E-state index contributed by atoms with van der Waals surface area (Å²) in [6.45, 7) is 2.88. The highest BCUT2D eigenvalue weighted by molar-refractivity contribution is 6.36. The van der Waals surface area contributed by atoms with Gasteiger partial charge in [-0.1, -0.05) is 29.6 Å². The van der Waals surface area contributed by atoms with Crippen LogP contribution >= 0.6 is 23.2 Å². The smallest absolute Gasteiger partial charge is 0.0470 e. The van der Waals surface area contributed by atoms with Gasteiger partial charge < -0.3 is 0 Å². The summed E-state index contributed by atoms with van der Waals surface area (Å²) >= 11 is 11.1. The van der Waals surface area contributed by atoms with Crippen molar-refractivity contribution in [3.8, 4) is 0 Å². The molecule has 0 aromatic heterocycles. The van der Waals surface area contributed by atoms with Crippen molar-refractivity contribution in [2.75, 3.05) is 19.6 Å². The van der Waals surface area contributed by atoms with Gasteiger partial charge in [-0.3, -0.25) is 0 Å². The number of hydrogen-bond donors (Lipinski definition) is 1. The molecule has 1 aliphatic rings. The van der Waals surface area contributed by atoms with Crippen LogP contribution in [0.2, 0.25) is 0 Å². The van der Waals surface area contributed by atoms with Gasteiger partial charge in [-0.05, 0) is 12.8 Å². The standard InChI is InChI=1S/C8H14Cl2N2/c9-6-8(10)7-11-12-4-2-1-3-5-12/h6,11H,1-5,7H2/b8-6+. The van der Waals surface area contributed by atoms with Crippen molar-refractivity contribution in [1.82, 2.24) is 10.4 Å². The van der Waals surface area contributed by atoms with E-state index in [4.69, 9.17) is 23.2 Å². The minimum atomic E-state index is 0.644. The Morgan fingerprint density at radius 2 is 2.00 bits per heavy atom. The maximum Gasteiger partial charge on any atom is 0.0470 e. The van der Waals surface area contributed by atoms with Gasteiger partial charge in [0.2, 0.25) is 0 Å². The van der Waals surface area contributed by atoms with E-state index in [-0.39, 0.29) is 0 Å². The summed E-state index contributed by atoms with van der Waals surface area (Å²) in [6.07, 6.45) is 3.89. The molecule has 0 aromatic rings. The van der Waals surface area contributed by atoms with Crippen molar-refractivity contribution >= 4 is 23.2 Å². The minimum absolute atomic E-state index is 0.644. The van der Waals surface area contributed by atoms with Gasteiger partial charge >= 0.3 is 0 Å². The van der Waals surface area contributed by atoms with Crippen molar-refractivity contribution < 1.29 is 0 Å². The van der Waals surface area contributed by atoms with E-state index in [2.05, 4.69) is 10.4 Å². The molecule has 0 saturated carbocycles. The lowest BCUT2D eigenvalue weighted by molar-refractivity contribution is 0.162. The second-order valence-corrected chi connectivity index (χ2v) is 3.64. The van der Waals surface area contributed by atoms with Crippen LogP contribution in [-0.4, -0.2) is 24.6 Å². The summed E-state index contributed by atoms with van der Waals surface area (Å²) in [6, 6.07) is 0. The predicted octanol–water partition coefficient (Wildman–Crippen LogP) is 2.30. The fourth-order valence-electron chi connectivity index (χ4n) is 1.28. The number of rotatable bonds is 3. The molecule has 1 aliphatic heterocycles. The fourth-order valence-corrected chi connectivity index (χ4v) is 1.41. The Hall–Kier alpha value is 0.240. The third-order valence-corrected chi connectivity index (χ3v) is 2.56. The second-order valence-electron chi connectivity index (χ2n) is 2.94. The summed E-state index contributed by atoms with van der Waals surface area (Å²) in [4.78, 5) is 0. The summed E-state index contributed by atoms with van der Waals surface area (Å²) in [5.41, 5.74) is 4.62. The molecular formula is C8H14Cl2N2. The molecule has 0 bridgehead atoms. The average molecular weight is 209 g/mol. The molecule has 70 valence electrons. The largest absolute Gasteiger partial charge is 0.250 e. The van der Waals surface area contributed by atoms with Crippen molar-refractivity contribution in [2.24, 2.45) is 0 Å². The van der Waals surface area contributed by atoms with E-state index >= 15 is 0 Å². The van der Waals surface area contributed by atoms with Gasteiger partial charge in [0.15, 0.2) is 0 Å². The van der Waals surface area contributed by atoms with Gasteiger partial charge in [0.05, 0.1) is 0 Å². The van der Waals surface area contributed by atoms with Crippen LogP contribution in [0, 0.1) is 0 Å². The van der Waals surface area contributed by atoms with Gasteiger partial charge in [-0.15, -0.1) is 0 Å². The lowest BCUT2D eigenvalue weighted by Crippen LogP contribution is -2.42. The lowest BCUT2D eigenvalue weighted by atomic mass is 10.2. The minimum Gasteiger partial charge on any atom is -0.250 e. The van der Waals surface area contributed by atoms with Crippen LogP contribution in [0.25, 0.3) is 0 Å². The quantitative estimate of drug-likeness (QED) is 0.767. The molecule has 1 fully saturated rings. The molecule has 0 radical (unpaired) electrons. The first-order chi connectivity index (χ1) is 5.83. The van der Waals surface area contributed by atoms with Gasteiger partial charge in [0, 0.05) is 30.2 Å². The van der Waals surface area contributed by atoms with Gasteiger partial charge in [-0.25, -0.2) is 10.4 Å². The Morgan fingerprint density at radius 1 is 1.33 bits per heavy atom. The zero-order valence-corrected chi connectivity index (χ0v) is 8.53. The molecular weight excluding hydrogens is 195 g/mol. The second kappa shape index (κ2) is 5.81. The van der Waals surface area contributed by atoms with E-state index in [1.54, 1.807) is 0 Å². The number of nitrogens with zero attached hydrogens (tertiary/aromatic N) is 1. The average Bonchev–Trinajstić information content (AvgIpc) is 2.16. The molecule has 4 heteroatoms. The van der Waals surface area contributed by atoms with Crippen molar-refractivity contribution in [2.45, 2.75) is 19.3 Å². The van der Waals surface area contributed by atoms with E-state index in [1.165, 1.54) is 24.8 Å². The molecule has 1 heterocycles. The molecule has 0 atom stereocenters. The van der Waals surface area contributed by atoms with E-state index in [9.17, 15) is 0 Å². The molecule has 0 aromatic carbocycles. The van der Waals surface area contributed by atoms with E-state index < -0.39 is 0 Å². The molecule has 2 nitrogen and oxygen atoms in total. The van der Waals surface area contributed by atoms with Crippen LogP contribution in [0.5, 0.6) is 0 Å². The molecule has 1 saturated heterocycles. The predicted molar refractivity (Wildman–Crippen MR) is 53.2 cm³/mol. The SMILES string of the molecule is Cl/C=C(/Cl)CNN1CCCCC1. The Balaban J connectivity index is 2.13. The van der Waals surface area contributed by atoms with E-state index in [0.717, 1.165) is 13.1 Å². The van der Waals surface area contributed by atoms with E-state index in [1.807, 2.05) is 0 Å². The van der Waals surface area contributed by atoms with Gasteiger partial charge in [0.25, 0.3) is 0 Å². The number of piperidine rings is 1. The first-order valence-electron chi connectivity index (χ1n) is 4.26. The van der Waals surface area contributed by atoms with Gasteiger partial charge in [-0.2, -0.15) is 0 Å². The molecule has 1 rings (SSSR count). The maximum atomic E-state index is 5.72. The topological polar surface area (TPSA) is 15.3 Å². The van der Waals surface area contributed by atoms with Crippen molar-refractivity contribution in [1.29, 1.82) is 0 Å². The van der Waals surface area contributed by atoms with Crippen LogP contribution in [0.3, 0.4) is 0 Å². The number of nitrogens with one attached hydrogen (secondary N) is 1. The normalized spacial score (nSPS) is 21.3. The van der Waals surface area contributed by atoms with Gasteiger partial charge in [0.1, 0.15) is 0 Å². The highest BCUT2D eigenvalue weighted by Crippen LogP contribution is 2.07. The first kappa shape index (κ1) is 10.3. The third-order valence-electron chi connectivity index (χ3n) is 1.95. The molecule has 12 heavy (non-hydrogen) atoms. The lowest BCUT2D eigenvalue weighted by Gasteiger charge is -2.26.